The van der Waals surface area contributed by atoms with E-state index in [9.17, 15) is 9.59 Å². The average Bonchev–Trinajstić information content (AvgIpc) is 2.75. The SMILES string of the molecule is Cn1cnc(C(=O)N2CCC[C@H](C(=O)O)C2)c1. The second-order valence-corrected chi connectivity index (χ2v) is 4.35. The molecular formula is C11H15N3O3. The summed E-state index contributed by atoms with van der Waals surface area (Å²) in [6, 6.07) is 0. The summed E-state index contributed by atoms with van der Waals surface area (Å²) in [6.45, 7) is 0.893. The smallest absolute Gasteiger partial charge is 0.308 e. The van der Waals surface area contributed by atoms with Crippen molar-refractivity contribution < 1.29 is 14.7 Å². The Kier molecular flexibility index (Phi) is 3.12. The number of piperidine rings is 1. The number of carbonyl (C=O) groups is 2. The lowest BCUT2D eigenvalue weighted by Crippen LogP contribution is -2.42. The summed E-state index contributed by atoms with van der Waals surface area (Å²) in [4.78, 5) is 28.5. The lowest BCUT2D eigenvalue weighted by molar-refractivity contribution is -0.143. The summed E-state index contributed by atoms with van der Waals surface area (Å²) >= 11 is 0. The van der Waals surface area contributed by atoms with Crippen LogP contribution in [-0.2, 0) is 11.8 Å². The number of likely N-dealkylation sites (tertiary alicyclic amines) is 1. The number of hydrogen-bond donors (Lipinski definition) is 1. The number of amides is 1. The van der Waals surface area contributed by atoms with Crippen LogP contribution in [0.2, 0.25) is 0 Å². The quantitative estimate of drug-likeness (QED) is 0.805. The topological polar surface area (TPSA) is 75.4 Å². The molecule has 0 radical (unpaired) electrons. The number of aryl methyl sites for hydroxylation is 1. The van der Waals surface area contributed by atoms with Crippen LogP contribution in [0.3, 0.4) is 0 Å². The number of carboxylic acids is 1. The van der Waals surface area contributed by atoms with Crippen LogP contribution in [0.25, 0.3) is 0 Å². The van der Waals surface area contributed by atoms with Crippen molar-refractivity contribution in [2.45, 2.75) is 12.8 Å². The predicted octanol–water partition coefficient (Wildman–Crippen LogP) is 0.357. The highest BCUT2D eigenvalue weighted by Gasteiger charge is 2.29. The Morgan fingerprint density at radius 3 is 2.88 bits per heavy atom. The highest BCUT2D eigenvalue weighted by atomic mass is 16.4. The Labute approximate surface area is 98.9 Å². The molecule has 1 aliphatic heterocycles. The van der Waals surface area contributed by atoms with E-state index in [4.69, 9.17) is 5.11 Å². The number of rotatable bonds is 2. The number of imidazole rings is 1. The molecule has 2 heterocycles. The van der Waals surface area contributed by atoms with Gasteiger partial charge in [0.2, 0.25) is 0 Å². The van der Waals surface area contributed by atoms with E-state index in [1.165, 1.54) is 0 Å². The Balaban J connectivity index is 2.07. The molecule has 0 bridgehead atoms. The second-order valence-electron chi connectivity index (χ2n) is 4.35. The largest absolute Gasteiger partial charge is 0.481 e. The third-order valence-corrected chi connectivity index (χ3v) is 2.98. The fourth-order valence-corrected chi connectivity index (χ4v) is 2.05. The summed E-state index contributed by atoms with van der Waals surface area (Å²) in [5.41, 5.74) is 0.374. The van der Waals surface area contributed by atoms with E-state index in [1.807, 2.05) is 0 Å². The van der Waals surface area contributed by atoms with Crippen molar-refractivity contribution in [2.75, 3.05) is 13.1 Å². The molecule has 1 aromatic rings. The Hall–Kier alpha value is -1.85. The maximum Gasteiger partial charge on any atom is 0.308 e. The molecule has 6 nitrogen and oxygen atoms in total. The average molecular weight is 237 g/mol. The molecule has 0 aliphatic carbocycles. The van der Waals surface area contributed by atoms with Crippen molar-refractivity contribution in [3.8, 4) is 0 Å². The first-order chi connectivity index (χ1) is 8.08. The van der Waals surface area contributed by atoms with Crippen LogP contribution in [-0.4, -0.2) is 44.5 Å². The molecule has 6 heteroatoms. The molecule has 2 rings (SSSR count). The van der Waals surface area contributed by atoms with Gasteiger partial charge in [-0.2, -0.15) is 0 Å². The first-order valence-electron chi connectivity index (χ1n) is 5.58. The van der Waals surface area contributed by atoms with Gasteiger partial charge in [-0.3, -0.25) is 9.59 Å². The molecule has 1 atom stereocenters. The summed E-state index contributed by atoms with van der Waals surface area (Å²) in [5.74, 6) is -1.46. The monoisotopic (exact) mass is 237 g/mol. The van der Waals surface area contributed by atoms with Gasteiger partial charge in [0.15, 0.2) is 0 Å². The van der Waals surface area contributed by atoms with Crippen LogP contribution in [0.1, 0.15) is 23.3 Å². The molecule has 0 saturated carbocycles. The van der Waals surface area contributed by atoms with E-state index >= 15 is 0 Å². The lowest BCUT2D eigenvalue weighted by atomic mass is 9.98. The third-order valence-electron chi connectivity index (χ3n) is 2.98. The van der Waals surface area contributed by atoms with Gasteiger partial charge in [0.25, 0.3) is 5.91 Å². The first-order valence-corrected chi connectivity index (χ1v) is 5.58. The summed E-state index contributed by atoms with van der Waals surface area (Å²) in [6.07, 6.45) is 4.58. The van der Waals surface area contributed by atoms with Crippen molar-refractivity contribution in [3.63, 3.8) is 0 Å². The molecular weight excluding hydrogens is 222 g/mol. The molecule has 1 aliphatic rings. The van der Waals surface area contributed by atoms with E-state index in [0.29, 0.717) is 18.7 Å². The molecule has 0 spiro atoms. The minimum Gasteiger partial charge on any atom is -0.481 e. The Morgan fingerprint density at radius 1 is 1.53 bits per heavy atom. The number of carbonyl (C=O) groups excluding carboxylic acids is 1. The van der Waals surface area contributed by atoms with E-state index in [2.05, 4.69) is 4.98 Å². The highest BCUT2D eigenvalue weighted by molar-refractivity contribution is 5.92. The minimum atomic E-state index is -0.830. The van der Waals surface area contributed by atoms with Gasteiger partial charge < -0.3 is 14.6 Å². The zero-order chi connectivity index (χ0) is 12.4. The number of carboxylic acid groups (broad SMARTS) is 1. The van der Waals surface area contributed by atoms with Crippen molar-refractivity contribution >= 4 is 11.9 Å². The van der Waals surface area contributed by atoms with Gasteiger partial charge in [0, 0.05) is 26.3 Å². The van der Waals surface area contributed by atoms with E-state index in [0.717, 1.165) is 6.42 Å². The second kappa shape index (κ2) is 4.57. The van der Waals surface area contributed by atoms with Gasteiger partial charge in [-0.15, -0.1) is 0 Å². The molecule has 92 valence electrons. The maximum atomic E-state index is 12.0. The maximum absolute atomic E-state index is 12.0. The van der Waals surface area contributed by atoms with Crippen molar-refractivity contribution in [1.29, 1.82) is 0 Å². The van der Waals surface area contributed by atoms with Crippen LogP contribution < -0.4 is 0 Å². The van der Waals surface area contributed by atoms with Crippen molar-refractivity contribution in [3.05, 3.63) is 18.2 Å². The third kappa shape index (κ3) is 2.46. The molecule has 1 fully saturated rings. The van der Waals surface area contributed by atoms with Crippen LogP contribution in [0, 0.1) is 5.92 Å². The van der Waals surface area contributed by atoms with Crippen molar-refractivity contribution in [1.82, 2.24) is 14.5 Å². The number of nitrogens with zero attached hydrogens (tertiary/aromatic N) is 3. The number of aliphatic carboxylic acids is 1. The van der Waals surface area contributed by atoms with E-state index < -0.39 is 11.9 Å². The van der Waals surface area contributed by atoms with Gasteiger partial charge in [0.1, 0.15) is 5.69 Å². The van der Waals surface area contributed by atoms with E-state index in [-0.39, 0.29) is 12.5 Å². The predicted molar refractivity (Wildman–Crippen MR) is 59.5 cm³/mol. The number of hydrogen-bond acceptors (Lipinski definition) is 3. The zero-order valence-electron chi connectivity index (χ0n) is 9.67. The number of aromatic nitrogens is 2. The standard InChI is InChI=1S/C11H15N3O3/c1-13-6-9(12-7-13)10(15)14-4-2-3-8(5-14)11(16)17/h6-8H,2-5H2,1H3,(H,16,17)/t8-/m0/s1. The van der Waals surface area contributed by atoms with Gasteiger partial charge in [-0.05, 0) is 12.8 Å². The minimum absolute atomic E-state index is 0.184. The lowest BCUT2D eigenvalue weighted by Gasteiger charge is -2.30. The normalized spacial score (nSPS) is 20.3. The Morgan fingerprint density at radius 2 is 2.29 bits per heavy atom. The van der Waals surface area contributed by atoms with Crippen LogP contribution in [0.15, 0.2) is 12.5 Å². The summed E-state index contributed by atoms with van der Waals surface area (Å²) in [5, 5.41) is 8.95. The fraction of sp³-hybridized carbons (Fsp3) is 0.545. The summed E-state index contributed by atoms with van der Waals surface area (Å²) < 4.78 is 1.70. The van der Waals surface area contributed by atoms with E-state index in [1.54, 1.807) is 29.0 Å². The molecule has 17 heavy (non-hydrogen) atoms. The molecule has 1 amide bonds. The van der Waals surface area contributed by atoms with Crippen molar-refractivity contribution in [2.24, 2.45) is 13.0 Å². The fourth-order valence-electron chi connectivity index (χ4n) is 2.05. The van der Waals surface area contributed by atoms with Crippen LogP contribution >= 0.6 is 0 Å². The van der Waals surface area contributed by atoms with Gasteiger partial charge in [-0.25, -0.2) is 4.98 Å². The molecule has 0 aromatic carbocycles. The van der Waals surface area contributed by atoms with Gasteiger partial charge in [-0.1, -0.05) is 0 Å². The highest BCUT2D eigenvalue weighted by Crippen LogP contribution is 2.18. The zero-order valence-corrected chi connectivity index (χ0v) is 9.67. The molecule has 1 aromatic heterocycles. The first kappa shape index (κ1) is 11.6. The molecule has 1 N–H and O–H groups in total. The van der Waals surface area contributed by atoms with Crippen LogP contribution in [0.5, 0.6) is 0 Å². The molecule has 0 unspecified atom stereocenters. The summed E-state index contributed by atoms with van der Waals surface area (Å²) in [7, 11) is 1.79. The van der Waals surface area contributed by atoms with Gasteiger partial charge >= 0.3 is 5.97 Å². The van der Waals surface area contributed by atoms with Crippen LogP contribution in [0.4, 0.5) is 0 Å². The molecule has 1 saturated heterocycles. The Bertz CT molecular complexity index is 441. The van der Waals surface area contributed by atoms with Gasteiger partial charge in [0.05, 0.1) is 12.2 Å².